The van der Waals surface area contributed by atoms with Crippen molar-refractivity contribution < 1.29 is 9.90 Å². The van der Waals surface area contributed by atoms with E-state index >= 15 is 0 Å². The molecule has 0 radical (unpaired) electrons. The Labute approximate surface area is 80.2 Å². The molecule has 0 aliphatic heterocycles. The molecular formula is C9H6ClNO2. The summed E-state index contributed by atoms with van der Waals surface area (Å²) < 4.78 is 0. The molecule has 1 aromatic rings. The molecule has 13 heavy (non-hydrogen) atoms. The molecule has 1 N–H and O–H groups in total. The molecule has 0 bridgehead atoms. The summed E-state index contributed by atoms with van der Waals surface area (Å²) in [4.78, 5) is 10.6. The molecule has 3 nitrogen and oxygen atoms in total. The minimum absolute atomic E-state index is 0.00981. The third kappa shape index (κ3) is 1.63. The monoisotopic (exact) mass is 195 g/mol. The molecule has 0 fully saturated rings. The Morgan fingerprint density at radius 3 is 2.69 bits per heavy atom. The van der Waals surface area contributed by atoms with Gasteiger partial charge in [-0.1, -0.05) is 11.6 Å². The number of nitrogens with zero attached hydrogens (tertiary/aromatic N) is 1. The van der Waals surface area contributed by atoms with Gasteiger partial charge < -0.3 is 5.11 Å². The van der Waals surface area contributed by atoms with Crippen LogP contribution in [0.3, 0.4) is 0 Å². The van der Waals surface area contributed by atoms with E-state index in [2.05, 4.69) is 0 Å². The van der Waals surface area contributed by atoms with Crippen molar-refractivity contribution in [2.24, 2.45) is 0 Å². The van der Waals surface area contributed by atoms with E-state index in [1.54, 1.807) is 6.92 Å². The summed E-state index contributed by atoms with van der Waals surface area (Å²) >= 11 is 5.73. The van der Waals surface area contributed by atoms with Crippen LogP contribution < -0.4 is 0 Å². The average Bonchev–Trinajstić information content (AvgIpc) is 2.09. The number of nitriles is 1. The summed E-state index contributed by atoms with van der Waals surface area (Å²) in [6.45, 7) is 1.62. The van der Waals surface area contributed by atoms with E-state index in [1.165, 1.54) is 12.1 Å². The smallest absolute Gasteiger partial charge is 0.337 e. The second-order valence-electron chi connectivity index (χ2n) is 2.51. The third-order valence-electron chi connectivity index (χ3n) is 1.74. The van der Waals surface area contributed by atoms with Crippen molar-refractivity contribution in [1.82, 2.24) is 0 Å². The van der Waals surface area contributed by atoms with E-state index < -0.39 is 5.97 Å². The molecule has 0 aromatic heterocycles. The van der Waals surface area contributed by atoms with E-state index in [0.29, 0.717) is 10.6 Å². The largest absolute Gasteiger partial charge is 0.478 e. The Morgan fingerprint density at radius 2 is 2.23 bits per heavy atom. The first-order valence-electron chi connectivity index (χ1n) is 3.50. The molecule has 4 heteroatoms. The highest BCUT2D eigenvalue weighted by Crippen LogP contribution is 2.21. The quantitative estimate of drug-likeness (QED) is 0.748. The zero-order valence-electron chi connectivity index (χ0n) is 6.84. The van der Waals surface area contributed by atoms with Crippen LogP contribution in [-0.2, 0) is 0 Å². The van der Waals surface area contributed by atoms with Gasteiger partial charge in [-0.05, 0) is 24.6 Å². The lowest BCUT2D eigenvalue weighted by Crippen LogP contribution is -2.01. The summed E-state index contributed by atoms with van der Waals surface area (Å²) in [5.41, 5.74) is 0.619. The Bertz CT molecular complexity index is 407. The maximum atomic E-state index is 10.6. The first kappa shape index (κ1) is 9.56. The highest BCUT2D eigenvalue weighted by atomic mass is 35.5. The lowest BCUT2D eigenvalue weighted by Gasteiger charge is -2.03. The van der Waals surface area contributed by atoms with Gasteiger partial charge >= 0.3 is 5.97 Å². The molecule has 0 saturated carbocycles. The van der Waals surface area contributed by atoms with Gasteiger partial charge in [0.15, 0.2) is 0 Å². The Kier molecular flexibility index (Phi) is 2.54. The number of carbonyl (C=O) groups is 1. The standard InChI is InChI=1S/C9H6ClNO2/c1-5-7(4-11)6(9(12)13)2-3-8(5)10/h2-3H,1H3,(H,12,13). The highest BCUT2D eigenvalue weighted by molar-refractivity contribution is 6.31. The van der Waals surface area contributed by atoms with Crippen LogP contribution in [0, 0.1) is 18.3 Å². The van der Waals surface area contributed by atoms with E-state index in [1.807, 2.05) is 6.07 Å². The van der Waals surface area contributed by atoms with Crippen molar-refractivity contribution in [3.63, 3.8) is 0 Å². The van der Waals surface area contributed by atoms with E-state index in [-0.39, 0.29) is 11.1 Å². The lowest BCUT2D eigenvalue weighted by molar-refractivity contribution is 0.0696. The number of hydrogen-bond acceptors (Lipinski definition) is 2. The van der Waals surface area contributed by atoms with Crippen molar-refractivity contribution in [3.05, 3.63) is 33.8 Å². The number of carboxylic acid groups (broad SMARTS) is 1. The molecule has 0 aliphatic carbocycles. The fourth-order valence-corrected chi connectivity index (χ4v) is 1.17. The Hall–Kier alpha value is -1.53. The molecule has 0 saturated heterocycles. The van der Waals surface area contributed by atoms with Crippen LogP contribution in [-0.4, -0.2) is 11.1 Å². The highest BCUT2D eigenvalue weighted by Gasteiger charge is 2.13. The summed E-state index contributed by atoms with van der Waals surface area (Å²) in [6, 6.07) is 4.62. The predicted molar refractivity (Wildman–Crippen MR) is 47.9 cm³/mol. The minimum atomic E-state index is -1.11. The Morgan fingerprint density at radius 1 is 1.62 bits per heavy atom. The van der Waals surface area contributed by atoms with Gasteiger partial charge in [-0.2, -0.15) is 5.26 Å². The molecule has 66 valence electrons. The molecule has 0 amide bonds. The van der Waals surface area contributed by atoms with Crippen molar-refractivity contribution in [1.29, 1.82) is 5.26 Å². The minimum Gasteiger partial charge on any atom is -0.478 e. The summed E-state index contributed by atoms with van der Waals surface area (Å²) in [7, 11) is 0. The third-order valence-corrected chi connectivity index (χ3v) is 2.15. The average molecular weight is 196 g/mol. The maximum absolute atomic E-state index is 10.6. The first-order valence-corrected chi connectivity index (χ1v) is 3.88. The summed E-state index contributed by atoms with van der Waals surface area (Å²) in [6.07, 6.45) is 0. The fourth-order valence-electron chi connectivity index (χ4n) is 1.01. The van der Waals surface area contributed by atoms with E-state index in [9.17, 15) is 4.79 Å². The molecule has 1 rings (SSSR count). The lowest BCUT2D eigenvalue weighted by atomic mass is 10.0. The number of carboxylic acids is 1. The number of benzene rings is 1. The van der Waals surface area contributed by atoms with Crippen molar-refractivity contribution in [2.75, 3.05) is 0 Å². The van der Waals surface area contributed by atoms with Crippen LogP contribution in [0.15, 0.2) is 12.1 Å². The Balaban J connectivity index is 3.50. The van der Waals surface area contributed by atoms with Crippen molar-refractivity contribution in [2.45, 2.75) is 6.92 Å². The van der Waals surface area contributed by atoms with Gasteiger partial charge in [0.1, 0.15) is 6.07 Å². The summed E-state index contributed by atoms with van der Waals surface area (Å²) in [5.74, 6) is -1.11. The van der Waals surface area contributed by atoms with Gasteiger partial charge in [-0.15, -0.1) is 0 Å². The van der Waals surface area contributed by atoms with Gasteiger partial charge in [0, 0.05) is 5.02 Å². The van der Waals surface area contributed by atoms with Crippen LogP contribution in [0.25, 0.3) is 0 Å². The number of rotatable bonds is 1. The van der Waals surface area contributed by atoms with E-state index in [0.717, 1.165) is 0 Å². The number of aromatic carboxylic acids is 1. The predicted octanol–water partition coefficient (Wildman–Crippen LogP) is 2.22. The van der Waals surface area contributed by atoms with Crippen LogP contribution in [0.5, 0.6) is 0 Å². The van der Waals surface area contributed by atoms with Gasteiger partial charge in [0.2, 0.25) is 0 Å². The van der Waals surface area contributed by atoms with Crippen LogP contribution >= 0.6 is 11.6 Å². The van der Waals surface area contributed by atoms with Gasteiger partial charge in [0.25, 0.3) is 0 Å². The molecule has 0 unspecified atom stereocenters. The molecule has 0 atom stereocenters. The number of hydrogen-bond donors (Lipinski definition) is 1. The second-order valence-corrected chi connectivity index (χ2v) is 2.92. The molecule has 0 heterocycles. The van der Waals surface area contributed by atoms with Gasteiger partial charge in [-0.3, -0.25) is 0 Å². The van der Waals surface area contributed by atoms with Crippen LogP contribution in [0.4, 0.5) is 0 Å². The van der Waals surface area contributed by atoms with Gasteiger partial charge in [0.05, 0.1) is 11.1 Å². The normalized spacial score (nSPS) is 9.31. The second kappa shape index (κ2) is 3.46. The molecule has 0 aliphatic rings. The number of halogens is 1. The molecule has 1 aromatic carbocycles. The van der Waals surface area contributed by atoms with Crippen LogP contribution in [0.1, 0.15) is 21.5 Å². The summed E-state index contributed by atoms with van der Waals surface area (Å²) in [5, 5.41) is 17.8. The molecular weight excluding hydrogens is 190 g/mol. The van der Waals surface area contributed by atoms with Crippen molar-refractivity contribution >= 4 is 17.6 Å². The fraction of sp³-hybridized carbons (Fsp3) is 0.111. The zero-order valence-corrected chi connectivity index (χ0v) is 7.59. The van der Waals surface area contributed by atoms with Crippen molar-refractivity contribution in [3.8, 4) is 6.07 Å². The SMILES string of the molecule is Cc1c(Cl)ccc(C(=O)O)c1C#N. The molecule has 0 spiro atoms. The topological polar surface area (TPSA) is 61.1 Å². The van der Waals surface area contributed by atoms with Crippen LogP contribution in [0.2, 0.25) is 5.02 Å². The van der Waals surface area contributed by atoms with Gasteiger partial charge in [-0.25, -0.2) is 4.79 Å². The first-order chi connectivity index (χ1) is 6.07. The maximum Gasteiger partial charge on any atom is 0.337 e. The van der Waals surface area contributed by atoms with E-state index in [4.69, 9.17) is 22.0 Å². The zero-order chi connectivity index (χ0) is 10.0.